The van der Waals surface area contributed by atoms with Crippen molar-refractivity contribution in [1.29, 1.82) is 0 Å². The first-order valence-electron chi connectivity index (χ1n) is 7.12. The van der Waals surface area contributed by atoms with E-state index in [1.54, 1.807) is 0 Å². The Morgan fingerprint density at radius 3 is 2.52 bits per heavy atom. The maximum absolute atomic E-state index is 6.39. The second-order valence-electron chi connectivity index (χ2n) is 5.55. The van der Waals surface area contributed by atoms with Gasteiger partial charge in [0.1, 0.15) is 0 Å². The predicted molar refractivity (Wildman–Crippen MR) is 93.5 cm³/mol. The Morgan fingerprint density at radius 1 is 0.952 bits per heavy atom. The summed E-state index contributed by atoms with van der Waals surface area (Å²) in [6.45, 7) is 2.11. The van der Waals surface area contributed by atoms with Crippen molar-refractivity contribution in [3.05, 3.63) is 81.8 Å². The number of aryl methyl sites for hydroxylation is 1. The molecule has 0 aliphatic heterocycles. The van der Waals surface area contributed by atoms with Crippen LogP contribution in [0.25, 0.3) is 10.8 Å². The quantitative estimate of drug-likeness (QED) is 0.701. The topological polar surface area (TPSA) is 26.0 Å². The molecule has 0 spiro atoms. The van der Waals surface area contributed by atoms with Crippen LogP contribution in [0.5, 0.6) is 0 Å². The molecule has 0 saturated heterocycles. The summed E-state index contributed by atoms with van der Waals surface area (Å²) < 4.78 is 1.10. The molecule has 0 heterocycles. The lowest BCUT2D eigenvalue weighted by Gasteiger charge is -2.13. The van der Waals surface area contributed by atoms with Crippen molar-refractivity contribution in [1.82, 2.24) is 0 Å². The van der Waals surface area contributed by atoms with Gasteiger partial charge >= 0.3 is 0 Å². The van der Waals surface area contributed by atoms with Crippen LogP contribution in [0.15, 0.2) is 65.1 Å². The summed E-state index contributed by atoms with van der Waals surface area (Å²) in [5, 5.41) is 2.46. The Kier molecular flexibility index (Phi) is 4.09. The minimum absolute atomic E-state index is 0.0276. The van der Waals surface area contributed by atoms with E-state index in [4.69, 9.17) is 5.73 Å². The van der Waals surface area contributed by atoms with Crippen LogP contribution in [0.1, 0.15) is 22.7 Å². The third kappa shape index (κ3) is 3.34. The highest BCUT2D eigenvalue weighted by molar-refractivity contribution is 9.10. The summed E-state index contributed by atoms with van der Waals surface area (Å²) in [6.07, 6.45) is 0.865. The molecule has 3 aromatic rings. The summed E-state index contributed by atoms with van der Waals surface area (Å²) in [5.41, 5.74) is 10.1. The molecule has 21 heavy (non-hydrogen) atoms. The fourth-order valence-electron chi connectivity index (χ4n) is 2.68. The molecule has 0 amide bonds. The molecule has 106 valence electrons. The summed E-state index contributed by atoms with van der Waals surface area (Å²) in [4.78, 5) is 0. The Labute approximate surface area is 133 Å². The van der Waals surface area contributed by atoms with E-state index in [0.717, 1.165) is 10.9 Å². The maximum atomic E-state index is 6.39. The van der Waals surface area contributed by atoms with E-state index in [2.05, 4.69) is 83.5 Å². The number of nitrogens with two attached hydrogens (primary N) is 1. The van der Waals surface area contributed by atoms with Gasteiger partial charge < -0.3 is 5.73 Å². The normalized spacial score (nSPS) is 12.5. The van der Waals surface area contributed by atoms with Gasteiger partial charge in [0.15, 0.2) is 0 Å². The summed E-state index contributed by atoms with van der Waals surface area (Å²) >= 11 is 3.51. The summed E-state index contributed by atoms with van der Waals surface area (Å²) in [6, 6.07) is 21.4. The van der Waals surface area contributed by atoms with Crippen molar-refractivity contribution >= 4 is 26.7 Å². The highest BCUT2D eigenvalue weighted by Crippen LogP contribution is 2.24. The molecule has 0 saturated carbocycles. The van der Waals surface area contributed by atoms with Crippen LogP contribution in [-0.2, 0) is 6.42 Å². The molecule has 3 rings (SSSR count). The van der Waals surface area contributed by atoms with Gasteiger partial charge in [0.25, 0.3) is 0 Å². The van der Waals surface area contributed by atoms with Crippen molar-refractivity contribution in [2.45, 2.75) is 19.4 Å². The number of fused-ring (bicyclic) bond motifs is 1. The van der Waals surface area contributed by atoms with Crippen molar-refractivity contribution in [3.63, 3.8) is 0 Å². The molecule has 0 fully saturated rings. The second kappa shape index (κ2) is 6.00. The highest BCUT2D eigenvalue weighted by Gasteiger charge is 2.08. The first-order chi connectivity index (χ1) is 10.1. The largest absolute Gasteiger partial charge is 0.324 e. The lowest BCUT2D eigenvalue weighted by atomic mass is 9.96. The average Bonchev–Trinajstić information content (AvgIpc) is 2.46. The van der Waals surface area contributed by atoms with Crippen LogP contribution in [-0.4, -0.2) is 0 Å². The van der Waals surface area contributed by atoms with Gasteiger partial charge in [-0.15, -0.1) is 0 Å². The number of rotatable bonds is 3. The number of halogens is 1. The van der Waals surface area contributed by atoms with Crippen LogP contribution in [0.4, 0.5) is 0 Å². The van der Waals surface area contributed by atoms with Crippen molar-refractivity contribution in [3.8, 4) is 0 Å². The monoisotopic (exact) mass is 339 g/mol. The molecule has 1 unspecified atom stereocenters. The van der Waals surface area contributed by atoms with E-state index in [1.807, 2.05) is 0 Å². The van der Waals surface area contributed by atoms with Gasteiger partial charge in [-0.3, -0.25) is 0 Å². The number of hydrogen-bond acceptors (Lipinski definition) is 1. The van der Waals surface area contributed by atoms with E-state index in [-0.39, 0.29) is 6.04 Å². The van der Waals surface area contributed by atoms with E-state index in [1.165, 1.54) is 27.5 Å². The number of benzene rings is 3. The predicted octanol–water partition coefficient (Wildman–Crippen LogP) is 5.15. The lowest BCUT2D eigenvalue weighted by Crippen LogP contribution is -2.13. The Hall–Kier alpha value is -1.64. The molecule has 1 atom stereocenters. The maximum Gasteiger partial charge on any atom is 0.0335 e. The van der Waals surface area contributed by atoms with Gasteiger partial charge in [-0.25, -0.2) is 0 Å². The van der Waals surface area contributed by atoms with Crippen LogP contribution < -0.4 is 5.73 Å². The van der Waals surface area contributed by atoms with E-state index < -0.39 is 0 Å². The summed E-state index contributed by atoms with van der Waals surface area (Å²) in [7, 11) is 0. The standard InChI is InChI=1S/C19H18BrN/c1-13-3-2-4-14(9-13)10-19(21)17-6-5-16-12-18(20)8-7-15(16)11-17/h2-9,11-12,19H,10,21H2,1H3. The van der Waals surface area contributed by atoms with Crippen molar-refractivity contribution in [2.75, 3.05) is 0 Å². The molecule has 0 radical (unpaired) electrons. The third-order valence-corrected chi connectivity index (χ3v) is 4.29. The Balaban J connectivity index is 1.87. The Bertz CT molecular complexity index is 779. The molecule has 2 heteroatoms. The molecular weight excluding hydrogens is 322 g/mol. The molecule has 0 aliphatic rings. The van der Waals surface area contributed by atoms with Gasteiger partial charge in [-0.1, -0.05) is 64.0 Å². The second-order valence-corrected chi connectivity index (χ2v) is 6.47. The van der Waals surface area contributed by atoms with E-state index >= 15 is 0 Å². The smallest absolute Gasteiger partial charge is 0.0335 e. The lowest BCUT2D eigenvalue weighted by molar-refractivity contribution is 0.722. The third-order valence-electron chi connectivity index (χ3n) is 3.79. The van der Waals surface area contributed by atoms with Crippen LogP contribution in [0, 0.1) is 6.92 Å². The van der Waals surface area contributed by atoms with Gasteiger partial charge in [0, 0.05) is 10.5 Å². The fraction of sp³-hybridized carbons (Fsp3) is 0.158. The molecule has 2 N–H and O–H groups in total. The van der Waals surface area contributed by atoms with Crippen molar-refractivity contribution in [2.24, 2.45) is 5.73 Å². The van der Waals surface area contributed by atoms with Gasteiger partial charge in [0.05, 0.1) is 0 Å². The Morgan fingerprint density at radius 2 is 1.71 bits per heavy atom. The van der Waals surface area contributed by atoms with Crippen LogP contribution in [0.3, 0.4) is 0 Å². The number of hydrogen-bond donors (Lipinski definition) is 1. The zero-order chi connectivity index (χ0) is 14.8. The van der Waals surface area contributed by atoms with Crippen molar-refractivity contribution < 1.29 is 0 Å². The van der Waals surface area contributed by atoms with Gasteiger partial charge in [-0.2, -0.15) is 0 Å². The summed E-state index contributed by atoms with van der Waals surface area (Å²) in [5.74, 6) is 0. The zero-order valence-electron chi connectivity index (χ0n) is 12.0. The molecule has 1 nitrogen and oxygen atoms in total. The van der Waals surface area contributed by atoms with E-state index in [0.29, 0.717) is 0 Å². The van der Waals surface area contributed by atoms with Gasteiger partial charge in [0.2, 0.25) is 0 Å². The molecule has 0 bridgehead atoms. The first-order valence-corrected chi connectivity index (χ1v) is 7.91. The zero-order valence-corrected chi connectivity index (χ0v) is 13.6. The fourth-order valence-corrected chi connectivity index (χ4v) is 3.06. The average molecular weight is 340 g/mol. The van der Waals surface area contributed by atoms with Gasteiger partial charge in [-0.05, 0) is 53.4 Å². The molecule has 0 aromatic heterocycles. The minimum Gasteiger partial charge on any atom is -0.324 e. The molecule has 0 aliphatic carbocycles. The minimum atomic E-state index is 0.0276. The SMILES string of the molecule is Cc1cccc(CC(N)c2ccc3cc(Br)ccc3c2)c1. The molecule has 3 aromatic carbocycles. The first kappa shape index (κ1) is 14.3. The highest BCUT2D eigenvalue weighted by atomic mass is 79.9. The molecular formula is C19H18BrN. The van der Waals surface area contributed by atoms with Crippen LogP contribution in [0.2, 0.25) is 0 Å². The van der Waals surface area contributed by atoms with Crippen LogP contribution >= 0.6 is 15.9 Å². The van der Waals surface area contributed by atoms with E-state index in [9.17, 15) is 0 Å².